The zero-order valence-corrected chi connectivity index (χ0v) is 13.7. The van der Waals surface area contributed by atoms with Crippen LogP contribution in [0.5, 0.6) is 0 Å². The third kappa shape index (κ3) is 9.38. The molecule has 0 fully saturated rings. The van der Waals surface area contributed by atoms with Crippen molar-refractivity contribution in [3.8, 4) is 0 Å². The van der Waals surface area contributed by atoms with Gasteiger partial charge in [0.15, 0.2) is 0 Å². The number of nitrogens with zero attached hydrogens (tertiary/aromatic N) is 1. The highest BCUT2D eigenvalue weighted by atomic mass is 16.5. The third-order valence-electron chi connectivity index (χ3n) is 3.31. The van der Waals surface area contributed by atoms with Crippen LogP contribution in [0.3, 0.4) is 0 Å². The van der Waals surface area contributed by atoms with E-state index in [-0.39, 0.29) is 0 Å². The van der Waals surface area contributed by atoms with Crippen molar-refractivity contribution in [1.82, 2.24) is 10.2 Å². The first-order chi connectivity index (χ1) is 9.02. The molecule has 116 valence electrons. The Morgan fingerprint density at radius 1 is 0.895 bits per heavy atom. The minimum Gasteiger partial charge on any atom is -0.383 e. The van der Waals surface area contributed by atoms with E-state index in [4.69, 9.17) is 9.47 Å². The first-order valence-electron chi connectivity index (χ1n) is 7.45. The first kappa shape index (κ1) is 18.8. The Morgan fingerprint density at radius 2 is 1.42 bits per heavy atom. The van der Waals surface area contributed by atoms with Gasteiger partial charge in [-0.3, -0.25) is 4.90 Å². The molecular formula is C15H34N2O2. The van der Waals surface area contributed by atoms with Gasteiger partial charge in [0, 0.05) is 39.9 Å². The number of nitrogens with one attached hydrogen (secondary N) is 1. The van der Waals surface area contributed by atoms with Crippen molar-refractivity contribution >= 4 is 0 Å². The van der Waals surface area contributed by atoms with Gasteiger partial charge in [0.1, 0.15) is 0 Å². The number of rotatable bonds is 12. The number of ether oxygens (including phenoxy) is 2. The zero-order chi connectivity index (χ0) is 14.7. The van der Waals surface area contributed by atoms with Crippen molar-refractivity contribution in [1.29, 1.82) is 0 Å². The molecule has 1 unspecified atom stereocenters. The second-order valence-electron chi connectivity index (χ2n) is 5.89. The van der Waals surface area contributed by atoms with Crippen molar-refractivity contribution in [2.75, 3.05) is 53.6 Å². The standard InChI is InChI=1S/C15H34N2O2/c1-13(2)11-16-12-15(14(3)4)17(7-9-18-5)8-10-19-6/h13-16H,7-12H2,1-6H3. The van der Waals surface area contributed by atoms with Crippen LogP contribution in [0, 0.1) is 11.8 Å². The van der Waals surface area contributed by atoms with Gasteiger partial charge >= 0.3 is 0 Å². The van der Waals surface area contributed by atoms with Crippen LogP contribution in [0.1, 0.15) is 27.7 Å². The maximum Gasteiger partial charge on any atom is 0.0589 e. The largest absolute Gasteiger partial charge is 0.383 e. The van der Waals surface area contributed by atoms with E-state index in [9.17, 15) is 0 Å². The van der Waals surface area contributed by atoms with Crippen LogP contribution in [0.2, 0.25) is 0 Å². The summed E-state index contributed by atoms with van der Waals surface area (Å²) in [6.07, 6.45) is 0. The number of hydrogen-bond donors (Lipinski definition) is 1. The predicted octanol–water partition coefficient (Wildman–Crippen LogP) is 1.85. The van der Waals surface area contributed by atoms with Crippen LogP contribution in [0.4, 0.5) is 0 Å². The summed E-state index contributed by atoms with van der Waals surface area (Å²) in [5, 5.41) is 3.58. The van der Waals surface area contributed by atoms with E-state index in [0.717, 1.165) is 39.4 Å². The fourth-order valence-corrected chi connectivity index (χ4v) is 2.17. The molecule has 4 nitrogen and oxygen atoms in total. The molecule has 0 saturated heterocycles. The molecule has 0 heterocycles. The van der Waals surface area contributed by atoms with Gasteiger partial charge in [-0.15, -0.1) is 0 Å². The maximum absolute atomic E-state index is 5.22. The lowest BCUT2D eigenvalue weighted by Gasteiger charge is -2.34. The van der Waals surface area contributed by atoms with Crippen LogP contribution in [0.15, 0.2) is 0 Å². The average Bonchev–Trinajstić information content (AvgIpc) is 2.35. The first-order valence-corrected chi connectivity index (χ1v) is 7.45. The summed E-state index contributed by atoms with van der Waals surface area (Å²) in [6, 6.07) is 0.532. The van der Waals surface area contributed by atoms with E-state index in [1.54, 1.807) is 14.2 Å². The second kappa shape index (κ2) is 11.6. The van der Waals surface area contributed by atoms with Crippen molar-refractivity contribution in [2.24, 2.45) is 11.8 Å². The van der Waals surface area contributed by atoms with Crippen LogP contribution in [-0.4, -0.2) is 64.6 Å². The Kier molecular flexibility index (Phi) is 11.6. The van der Waals surface area contributed by atoms with E-state index in [1.165, 1.54) is 0 Å². The molecule has 0 spiro atoms. The molecule has 0 aromatic carbocycles. The van der Waals surface area contributed by atoms with Gasteiger partial charge in [-0.05, 0) is 18.4 Å². The molecule has 0 amide bonds. The van der Waals surface area contributed by atoms with Gasteiger partial charge < -0.3 is 14.8 Å². The minimum atomic E-state index is 0.532. The lowest BCUT2D eigenvalue weighted by molar-refractivity contribution is 0.0710. The van der Waals surface area contributed by atoms with Crippen molar-refractivity contribution in [2.45, 2.75) is 33.7 Å². The van der Waals surface area contributed by atoms with Crippen molar-refractivity contribution in [3.05, 3.63) is 0 Å². The van der Waals surface area contributed by atoms with Crippen LogP contribution in [-0.2, 0) is 9.47 Å². The second-order valence-corrected chi connectivity index (χ2v) is 5.89. The fourth-order valence-electron chi connectivity index (χ4n) is 2.17. The zero-order valence-electron chi connectivity index (χ0n) is 13.7. The van der Waals surface area contributed by atoms with E-state index >= 15 is 0 Å². The molecule has 0 aliphatic heterocycles. The maximum atomic E-state index is 5.22. The lowest BCUT2D eigenvalue weighted by atomic mass is 10.0. The van der Waals surface area contributed by atoms with E-state index in [1.807, 2.05) is 0 Å². The lowest BCUT2D eigenvalue weighted by Crippen LogP contribution is -2.48. The smallest absolute Gasteiger partial charge is 0.0589 e. The Morgan fingerprint density at radius 3 is 1.79 bits per heavy atom. The quantitative estimate of drug-likeness (QED) is 0.589. The SMILES string of the molecule is COCCN(CCOC)C(CNCC(C)C)C(C)C. The molecule has 1 N–H and O–H groups in total. The third-order valence-corrected chi connectivity index (χ3v) is 3.31. The van der Waals surface area contributed by atoms with Crippen molar-refractivity contribution < 1.29 is 9.47 Å². The Hall–Kier alpha value is -0.160. The van der Waals surface area contributed by atoms with Gasteiger partial charge in [0.2, 0.25) is 0 Å². The Labute approximate surface area is 119 Å². The van der Waals surface area contributed by atoms with Crippen LogP contribution < -0.4 is 5.32 Å². The van der Waals surface area contributed by atoms with Crippen LogP contribution >= 0.6 is 0 Å². The molecule has 4 heteroatoms. The molecule has 0 aliphatic rings. The summed E-state index contributed by atoms with van der Waals surface area (Å²) in [5.41, 5.74) is 0. The molecule has 1 atom stereocenters. The van der Waals surface area contributed by atoms with Gasteiger partial charge in [0.25, 0.3) is 0 Å². The summed E-state index contributed by atoms with van der Waals surface area (Å²) in [6.45, 7) is 14.6. The molecule has 0 aromatic rings. The molecule has 0 rings (SSSR count). The average molecular weight is 274 g/mol. The molecular weight excluding hydrogens is 240 g/mol. The monoisotopic (exact) mass is 274 g/mol. The minimum absolute atomic E-state index is 0.532. The molecule has 0 aliphatic carbocycles. The number of hydrogen-bond acceptors (Lipinski definition) is 4. The number of methoxy groups -OCH3 is 2. The normalized spacial score (nSPS) is 13.7. The molecule has 0 bridgehead atoms. The molecule has 0 saturated carbocycles. The highest BCUT2D eigenvalue weighted by molar-refractivity contribution is 4.77. The van der Waals surface area contributed by atoms with E-state index in [2.05, 4.69) is 37.9 Å². The Bertz CT molecular complexity index is 191. The van der Waals surface area contributed by atoms with E-state index in [0.29, 0.717) is 17.9 Å². The van der Waals surface area contributed by atoms with Gasteiger partial charge in [0.05, 0.1) is 13.2 Å². The van der Waals surface area contributed by atoms with Crippen molar-refractivity contribution in [3.63, 3.8) is 0 Å². The molecule has 0 radical (unpaired) electrons. The Balaban J connectivity index is 4.36. The van der Waals surface area contributed by atoms with Crippen LogP contribution in [0.25, 0.3) is 0 Å². The highest BCUT2D eigenvalue weighted by Crippen LogP contribution is 2.10. The summed E-state index contributed by atoms with van der Waals surface area (Å²) >= 11 is 0. The summed E-state index contributed by atoms with van der Waals surface area (Å²) in [5.74, 6) is 1.31. The summed E-state index contributed by atoms with van der Waals surface area (Å²) < 4.78 is 10.4. The summed E-state index contributed by atoms with van der Waals surface area (Å²) in [4.78, 5) is 2.48. The molecule has 0 aromatic heterocycles. The fraction of sp³-hybridized carbons (Fsp3) is 1.00. The highest BCUT2D eigenvalue weighted by Gasteiger charge is 2.21. The molecule has 19 heavy (non-hydrogen) atoms. The predicted molar refractivity (Wildman–Crippen MR) is 81.7 cm³/mol. The van der Waals surface area contributed by atoms with Gasteiger partial charge in [-0.1, -0.05) is 27.7 Å². The topological polar surface area (TPSA) is 33.7 Å². The summed E-state index contributed by atoms with van der Waals surface area (Å²) in [7, 11) is 3.52. The van der Waals surface area contributed by atoms with E-state index < -0.39 is 0 Å². The van der Waals surface area contributed by atoms with Gasteiger partial charge in [-0.2, -0.15) is 0 Å². The van der Waals surface area contributed by atoms with Gasteiger partial charge in [-0.25, -0.2) is 0 Å².